The molecule has 0 bridgehead atoms. The number of rotatable bonds is 6. The van der Waals surface area contributed by atoms with Crippen molar-refractivity contribution in [1.29, 1.82) is 0 Å². The van der Waals surface area contributed by atoms with Crippen molar-refractivity contribution >= 4 is 23.3 Å². The molecular formula is C13H21ClN4O. The van der Waals surface area contributed by atoms with E-state index in [4.69, 9.17) is 17.3 Å². The molecule has 0 aromatic carbocycles. The second-order valence-corrected chi connectivity index (χ2v) is 5.04. The van der Waals surface area contributed by atoms with Crippen molar-refractivity contribution < 1.29 is 4.79 Å². The summed E-state index contributed by atoms with van der Waals surface area (Å²) in [7, 11) is 4.02. The first-order valence-electron chi connectivity index (χ1n) is 6.30. The van der Waals surface area contributed by atoms with E-state index in [1.807, 2.05) is 21.0 Å². The molecule has 5 nitrogen and oxygen atoms in total. The molecule has 0 spiro atoms. The van der Waals surface area contributed by atoms with E-state index in [1.165, 1.54) is 12.3 Å². The first-order valence-corrected chi connectivity index (χ1v) is 6.68. The number of carbonyl (C=O) groups is 1. The largest absolute Gasteiger partial charge is 0.384 e. The van der Waals surface area contributed by atoms with Gasteiger partial charge in [-0.25, -0.2) is 4.98 Å². The summed E-state index contributed by atoms with van der Waals surface area (Å²) in [6.07, 6.45) is 2.34. The summed E-state index contributed by atoms with van der Waals surface area (Å²) < 4.78 is 0. The number of halogens is 1. The highest BCUT2D eigenvalue weighted by atomic mass is 35.5. The van der Waals surface area contributed by atoms with Crippen LogP contribution >= 0.6 is 11.6 Å². The van der Waals surface area contributed by atoms with E-state index in [2.05, 4.69) is 9.88 Å². The average molecular weight is 285 g/mol. The molecule has 6 heteroatoms. The highest BCUT2D eigenvalue weighted by Gasteiger charge is 2.17. The molecule has 1 heterocycles. The Morgan fingerprint density at radius 1 is 1.42 bits per heavy atom. The molecular weight excluding hydrogens is 264 g/mol. The van der Waals surface area contributed by atoms with Crippen LogP contribution in [0.4, 0.5) is 5.82 Å². The molecule has 1 aromatic heterocycles. The minimum atomic E-state index is -0.0969. The minimum absolute atomic E-state index is 0.0969. The number of pyridine rings is 1. The maximum absolute atomic E-state index is 12.4. The highest BCUT2D eigenvalue weighted by Crippen LogP contribution is 2.18. The molecule has 19 heavy (non-hydrogen) atoms. The lowest BCUT2D eigenvalue weighted by atomic mass is 10.2. The van der Waals surface area contributed by atoms with Crippen LogP contribution in [0.25, 0.3) is 0 Å². The van der Waals surface area contributed by atoms with Gasteiger partial charge < -0.3 is 15.5 Å². The maximum Gasteiger partial charge on any atom is 0.255 e. The Morgan fingerprint density at radius 2 is 2.11 bits per heavy atom. The molecule has 0 aliphatic rings. The fourth-order valence-corrected chi connectivity index (χ4v) is 1.95. The standard InChI is InChI=1S/C13H21ClN4O/c1-4-18(7-5-6-17(2)3)13(19)10-8-12(15)16-9-11(10)14/h8-9H,4-7H2,1-3H3,(H2,15,16). The Morgan fingerprint density at radius 3 is 2.68 bits per heavy atom. The third kappa shape index (κ3) is 4.69. The van der Waals surface area contributed by atoms with Crippen molar-refractivity contribution in [3.63, 3.8) is 0 Å². The van der Waals surface area contributed by atoms with Crippen LogP contribution in [0, 0.1) is 0 Å². The van der Waals surface area contributed by atoms with Crippen LogP contribution in [0.15, 0.2) is 12.3 Å². The molecule has 1 amide bonds. The van der Waals surface area contributed by atoms with Crippen molar-refractivity contribution in [2.75, 3.05) is 39.5 Å². The molecule has 106 valence electrons. The quantitative estimate of drug-likeness (QED) is 0.864. The van der Waals surface area contributed by atoms with Gasteiger partial charge in [0.05, 0.1) is 10.6 Å². The van der Waals surface area contributed by atoms with Crippen LogP contribution < -0.4 is 5.73 Å². The molecule has 0 atom stereocenters. The van der Waals surface area contributed by atoms with Gasteiger partial charge in [0.2, 0.25) is 0 Å². The molecule has 0 radical (unpaired) electrons. The van der Waals surface area contributed by atoms with E-state index in [-0.39, 0.29) is 5.91 Å². The highest BCUT2D eigenvalue weighted by molar-refractivity contribution is 6.33. The third-order valence-electron chi connectivity index (χ3n) is 2.81. The number of nitrogens with zero attached hydrogens (tertiary/aromatic N) is 3. The fraction of sp³-hybridized carbons (Fsp3) is 0.538. The first kappa shape index (κ1) is 15.7. The van der Waals surface area contributed by atoms with Gasteiger partial charge in [0, 0.05) is 19.3 Å². The molecule has 1 rings (SSSR count). The van der Waals surface area contributed by atoms with E-state index in [0.29, 0.717) is 29.5 Å². The zero-order valence-electron chi connectivity index (χ0n) is 11.7. The van der Waals surface area contributed by atoms with Gasteiger partial charge in [0.25, 0.3) is 5.91 Å². The predicted octanol–water partition coefficient (Wildman–Crippen LogP) is 1.73. The average Bonchev–Trinajstić information content (AvgIpc) is 2.36. The normalized spacial score (nSPS) is 10.8. The van der Waals surface area contributed by atoms with Gasteiger partial charge in [-0.1, -0.05) is 11.6 Å². The Bertz CT molecular complexity index is 437. The number of carbonyl (C=O) groups excluding carboxylic acids is 1. The zero-order chi connectivity index (χ0) is 14.4. The monoisotopic (exact) mass is 284 g/mol. The summed E-state index contributed by atoms with van der Waals surface area (Å²) in [5.74, 6) is 0.206. The van der Waals surface area contributed by atoms with Crippen LogP contribution in [0.1, 0.15) is 23.7 Å². The number of hydrogen-bond donors (Lipinski definition) is 1. The molecule has 0 fully saturated rings. The van der Waals surface area contributed by atoms with Crippen LogP contribution in [0.2, 0.25) is 5.02 Å². The van der Waals surface area contributed by atoms with Gasteiger partial charge >= 0.3 is 0 Å². The lowest BCUT2D eigenvalue weighted by Crippen LogP contribution is -2.33. The molecule has 0 saturated heterocycles. The van der Waals surface area contributed by atoms with E-state index >= 15 is 0 Å². The third-order valence-corrected chi connectivity index (χ3v) is 3.11. The van der Waals surface area contributed by atoms with Crippen LogP contribution in [0.3, 0.4) is 0 Å². The Balaban J connectivity index is 2.75. The van der Waals surface area contributed by atoms with E-state index < -0.39 is 0 Å². The zero-order valence-corrected chi connectivity index (χ0v) is 12.4. The Hall–Kier alpha value is -1.33. The van der Waals surface area contributed by atoms with E-state index in [1.54, 1.807) is 4.90 Å². The smallest absolute Gasteiger partial charge is 0.255 e. The summed E-state index contributed by atoms with van der Waals surface area (Å²) in [6, 6.07) is 1.53. The van der Waals surface area contributed by atoms with Gasteiger partial charge in [-0.2, -0.15) is 0 Å². The molecule has 1 aromatic rings. The Kier molecular flexibility index (Phi) is 6.05. The molecule has 0 aliphatic carbocycles. The van der Waals surface area contributed by atoms with Gasteiger partial charge in [0.1, 0.15) is 5.82 Å². The number of hydrogen-bond acceptors (Lipinski definition) is 4. The van der Waals surface area contributed by atoms with Crippen LogP contribution in [-0.2, 0) is 0 Å². The second-order valence-electron chi connectivity index (χ2n) is 4.63. The maximum atomic E-state index is 12.4. The van der Waals surface area contributed by atoms with E-state index in [0.717, 1.165) is 13.0 Å². The molecule has 0 aliphatic heterocycles. The van der Waals surface area contributed by atoms with Crippen molar-refractivity contribution in [2.24, 2.45) is 0 Å². The van der Waals surface area contributed by atoms with Gasteiger partial charge in [-0.05, 0) is 40.1 Å². The second kappa shape index (κ2) is 7.31. The van der Waals surface area contributed by atoms with Crippen molar-refractivity contribution in [3.05, 3.63) is 22.8 Å². The van der Waals surface area contributed by atoms with Crippen molar-refractivity contribution in [2.45, 2.75) is 13.3 Å². The summed E-state index contributed by atoms with van der Waals surface area (Å²) in [5, 5.41) is 0.338. The predicted molar refractivity (Wildman–Crippen MR) is 78.4 cm³/mol. The number of nitrogen functional groups attached to an aromatic ring is 1. The summed E-state index contributed by atoms with van der Waals surface area (Å²) >= 11 is 6.00. The lowest BCUT2D eigenvalue weighted by Gasteiger charge is -2.22. The Labute approximate surface area is 119 Å². The SMILES string of the molecule is CCN(CCCN(C)C)C(=O)c1cc(N)ncc1Cl. The van der Waals surface area contributed by atoms with Gasteiger partial charge in [-0.15, -0.1) is 0 Å². The number of amides is 1. The number of aromatic nitrogens is 1. The fourth-order valence-electron chi connectivity index (χ4n) is 1.77. The molecule has 0 unspecified atom stereocenters. The van der Waals surface area contributed by atoms with Gasteiger partial charge in [-0.3, -0.25) is 4.79 Å². The topological polar surface area (TPSA) is 62.5 Å². The molecule has 2 N–H and O–H groups in total. The number of anilines is 1. The van der Waals surface area contributed by atoms with Crippen molar-refractivity contribution in [1.82, 2.24) is 14.8 Å². The molecule has 0 saturated carbocycles. The number of nitrogens with two attached hydrogens (primary N) is 1. The first-order chi connectivity index (χ1) is 8.95. The summed E-state index contributed by atoms with van der Waals surface area (Å²) in [4.78, 5) is 20.1. The van der Waals surface area contributed by atoms with Crippen molar-refractivity contribution in [3.8, 4) is 0 Å². The lowest BCUT2D eigenvalue weighted by molar-refractivity contribution is 0.0759. The summed E-state index contributed by atoms with van der Waals surface area (Å²) in [6.45, 7) is 4.24. The van der Waals surface area contributed by atoms with Gasteiger partial charge in [0.15, 0.2) is 0 Å². The minimum Gasteiger partial charge on any atom is -0.384 e. The van der Waals surface area contributed by atoms with E-state index in [9.17, 15) is 4.79 Å². The summed E-state index contributed by atoms with van der Waals surface area (Å²) in [5.41, 5.74) is 6.02. The van der Waals surface area contributed by atoms with Crippen LogP contribution in [0.5, 0.6) is 0 Å². The van der Waals surface area contributed by atoms with Crippen LogP contribution in [-0.4, -0.2) is 54.4 Å².